The van der Waals surface area contributed by atoms with Crippen LogP contribution in [-0.2, 0) is 0 Å². The minimum absolute atomic E-state index is 0.0454. The van der Waals surface area contributed by atoms with Gasteiger partial charge in [0.1, 0.15) is 0 Å². The highest BCUT2D eigenvalue weighted by molar-refractivity contribution is 9.10. The van der Waals surface area contributed by atoms with Crippen LogP contribution in [0.15, 0.2) is 22.7 Å². The van der Waals surface area contributed by atoms with Crippen molar-refractivity contribution in [3.63, 3.8) is 0 Å². The van der Waals surface area contributed by atoms with E-state index in [0.29, 0.717) is 29.6 Å². The Morgan fingerprint density at radius 3 is 2.78 bits per heavy atom. The molecule has 0 aliphatic heterocycles. The van der Waals surface area contributed by atoms with Crippen molar-refractivity contribution < 1.29 is 4.79 Å². The first kappa shape index (κ1) is 13.4. The van der Waals surface area contributed by atoms with Gasteiger partial charge in [-0.2, -0.15) is 5.26 Å². The largest absolute Gasteiger partial charge is 0.335 e. The Hall–Kier alpha value is -1.05. The van der Waals surface area contributed by atoms with Crippen LogP contribution in [0.3, 0.4) is 0 Å². The molecule has 18 heavy (non-hydrogen) atoms. The van der Waals surface area contributed by atoms with Crippen LogP contribution in [0, 0.1) is 11.3 Å². The van der Waals surface area contributed by atoms with Gasteiger partial charge in [-0.15, -0.1) is 0 Å². The van der Waals surface area contributed by atoms with E-state index in [1.54, 1.807) is 23.1 Å². The molecule has 0 radical (unpaired) electrons. The second-order valence-electron chi connectivity index (χ2n) is 4.30. The van der Waals surface area contributed by atoms with Gasteiger partial charge in [0, 0.05) is 27.6 Å². The Bertz CT molecular complexity index is 488. The van der Waals surface area contributed by atoms with Gasteiger partial charge in [-0.25, -0.2) is 0 Å². The molecule has 0 spiro atoms. The number of hydrogen-bond acceptors (Lipinski definition) is 2. The van der Waals surface area contributed by atoms with Gasteiger partial charge in [0.2, 0.25) is 0 Å². The molecule has 2 rings (SSSR count). The second-order valence-corrected chi connectivity index (χ2v) is 5.65. The summed E-state index contributed by atoms with van der Waals surface area (Å²) in [6.07, 6.45) is 2.42. The number of benzene rings is 1. The summed E-state index contributed by atoms with van der Waals surface area (Å²) < 4.78 is 0.786. The normalized spacial score (nSPS) is 14.1. The number of carbonyl (C=O) groups excluding carboxylic acids is 1. The summed E-state index contributed by atoms with van der Waals surface area (Å²) in [5.41, 5.74) is 0.569. The van der Waals surface area contributed by atoms with Gasteiger partial charge >= 0.3 is 0 Å². The van der Waals surface area contributed by atoms with Crippen molar-refractivity contribution in [2.45, 2.75) is 25.3 Å². The molecule has 0 unspecified atom stereocenters. The molecular weight excluding hydrogens is 316 g/mol. The van der Waals surface area contributed by atoms with Crippen molar-refractivity contribution in [1.29, 1.82) is 5.26 Å². The average molecular weight is 328 g/mol. The summed E-state index contributed by atoms with van der Waals surface area (Å²) >= 11 is 9.27. The highest BCUT2D eigenvalue weighted by atomic mass is 79.9. The summed E-state index contributed by atoms with van der Waals surface area (Å²) in [5, 5.41) is 9.17. The lowest BCUT2D eigenvalue weighted by atomic mass is 10.2. The SMILES string of the molecule is N#CCCN(C(=O)c1cc(Cl)cc(Br)c1)C1CC1. The fourth-order valence-corrected chi connectivity index (χ4v) is 2.71. The number of amides is 1. The van der Waals surface area contributed by atoms with E-state index in [1.165, 1.54) is 0 Å². The van der Waals surface area contributed by atoms with Crippen LogP contribution in [0.5, 0.6) is 0 Å². The molecule has 1 amide bonds. The number of halogens is 2. The Morgan fingerprint density at radius 2 is 2.22 bits per heavy atom. The first-order valence-corrected chi connectivity index (χ1v) is 6.93. The molecule has 1 aliphatic carbocycles. The average Bonchev–Trinajstić information content (AvgIpc) is 3.12. The predicted molar refractivity (Wildman–Crippen MR) is 73.4 cm³/mol. The van der Waals surface area contributed by atoms with Gasteiger partial charge in [-0.3, -0.25) is 4.79 Å². The number of carbonyl (C=O) groups is 1. The summed E-state index contributed by atoms with van der Waals surface area (Å²) in [4.78, 5) is 14.2. The van der Waals surface area contributed by atoms with Crippen LogP contribution < -0.4 is 0 Å². The van der Waals surface area contributed by atoms with Gasteiger partial charge < -0.3 is 4.90 Å². The maximum atomic E-state index is 12.4. The van der Waals surface area contributed by atoms with Gasteiger partial charge in [0.25, 0.3) is 5.91 Å². The second kappa shape index (κ2) is 5.73. The van der Waals surface area contributed by atoms with Gasteiger partial charge in [0.05, 0.1) is 12.5 Å². The molecule has 3 nitrogen and oxygen atoms in total. The Kier molecular flexibility index (Phi) is 4.26. The van der Waals surface area contributed by atoms with Crippen molar-refractivity contribution in [1.82, 2.24) is 4.90 Å². The van der Waals surface area contributed by atoms with Crippen LogP contribution >= 0.6 is 27.5 Å². The Balaban J connectivity index is 2.19. The van der Waals surface area contributed by atoms with Gasteiger partial charge in [0.15, 0.2) is 0 Å². The van der Waals surface area contributed by atoms with Crippen molar-refractivity contribution in [2.75, 3.05) is 6.54 Å². The molecule has 0 heterocycles. The molecule has 1 aromatic rings. The molecule has 94 valence electrons. The fraction of sp³-hybridized carbons (Fsp3) is 0.385. The maximum Gasteiger partial charge on any atom is 0.254 e. The fourth-order valence-electron chi connectivity index (χ4n) is 1.85. The van der Waals surface area contributed by atoms with Crippen molar-refractivity contribution in [3.05, 3.63) is 33.3 Å². The van der Waals surface area contributed by atoms with Gasteiger partial charge in [-0.1, -0.05) is 27.5 Å². The lowest BCUT2D eigenvalue weighted by Crippen LogP contribution is -2.33. The molecule has 1 fully saturated rings. The first-order valence-electron chi connectivity index (χ1n) is 5.76. The van der Waals surface area contributed by atoms with E-state index in [-0.39, 0.29) is 5.91 Å². The Morgan fingerprint density at radius 1 is 1.50 bits per heavy atom. The molecule has 0 atom stereocenters. The summed E-state index contributed by atoms with van der Waals surface area (Å²) in [5.74, 6) is -0.0454. The number of nitriles is 1. The highest BCUT2D eigenvalue weighted by Gasteiger charge is 2.32. The van der Waals surface area contributed by atoms with E-state index in [1.807, 2.05) is 0 Å². The van der Waals surface area contributed by atoms with E-state index >= 15 is 0 Å². The van der Waals surface area contributed by atoms with Crippen LogP contribution in [0.2, 0.25) is 5.02 Å². The first-order chi connectivity index (χ1) is 8.61. The zero-order valence-corrected chi connectivity index (χ0v) is 12.0. The van der Waals surface area contributed by atoms with E-state index in [4.69, 9.17) is 16.9 Å². The third-order valence-corrected chi connectivity index (χ3v) is 3.50. The quantitative estimate of drug-likeness (QED) is 0.847. The van der Waals surface area contributed by atoms with Gasteiger partial charge in [-0.05, 0) is 31.0 Å². The van der Waals surface area contributed by atoms with Crippen molar-refractivity contribution in [2.24, 2.45) is 0 Å². The molecule has 1 saturated carbocycles. The predicted octanol–water partition coefficient (Wildman–Crippen LogP) is 3.62. The lowest BCUT2D eigenvalue weighted by Gasteiger charge is -2.21. The third kappa shape index (κ3) is 3.24. The Labute approximate surface area is 119 Å². The topological polar surface area (TPSA) is 44.1 Å². The standard InChI is InChI=1S/C13H12BrClN2O/c14-10-6-9(7-11(15)8-10)13(18)17(5-1-4-16)12-2-3-12/h6-8,12H,1-3,5H2. The maximum absolute atomic E-state index is 12.4. The monoisotopic (exact) mass is 326 g/mol. The summed E-state index contributed by atoms with van der Waals surface area (Å²) in [6, 6.07) is 7.54. The van der Waals surface area contributed by atoms with Crippen LogP contribution in [0.1, 0.15) is 29.6 Å². The molecule has 1 aliphatic rings. The van der Waals surface area contributed by atoms with E-state index < -0.39 is 0 Å². The van der Waals surface area contributed by atoms with E-state index in [0.717, 1.165) is 17.3 Å². The third-order valence-electron chi connectivity index (χ3n) is 2.82. The minimum Gasteiger partial charge on any atom is -0.335 e. The minimum atomic E-state index is -0.0454. The molecule has 1 aromatic carbocycles. The number of rotatable bonds is 4. The van der Waals surface area contributed by atoms with Crippen LogP contribution in [-0.4, -0.2) is 23.4 Å². The smallest absolute Gasteiger partial charge is 0.254 e. The zero-order chi connectivity index (χ0) is 13.1. The molecule has 0 bridgehead atoms. The number of hydrogen-bond donors (Lipinski definition) is 0. The summed E-state index contributed by atoms with van der Waals surface area (Å²) in [6.45, 7) is 0.490. The lowest BCUT2D eigenvalue weighted by molar-refractivity contribution is 0.0747. The number of nitrogens with zero attached hydrogens (tertiary/aromatic N) is 2. The zero-order valence-electron chi connectivity index (χ0n) is 9.70. The van der Waals surface area contributed by atoms with Crippen molar-refractivity contribution in [3.8, 4) is 6.07 Å². The van der Waals surface area contributed by atoms with E-state index in [9.17, 15) is 4.79 Å². The molecule has 0 aromatic heterocycles. The van der Waals surface area contributed by atoms with Crippen molar-refractivity contribution >= 4 is 33.4 Å². The summed E-state index contributed by atoms with van der Waals surface area (Å²) in [7, 11) is 0. The molecule has 0 N–H and O–H groups in total. The van der Waals surface area contributed by atoms with Crippen LogP contribution in [0.4, 0.5) is 0 Å². The molecule has 0 saturated heterocycles. The highest BCUT2D eigenvalue weighted by Crippen LogP contribution is 2.29. The molecule has 5 heteroatoms. The van der Waals surface area contributed by atoms with E-state index in [2.05, 4.69) is 22.0 Å². The van der Waals surface area contributed by atoms with Crippen LogP contribution in [0.25, 0.3) is 0 Å². The molecular formula is C13H12BrClN2O.